The predicted molar refractivity (Wildman–Crippen MR) is 67.2 cm³/mol. The maximum Gasteiger partial charge on any atom is 0.129 e. The minimum atomic E-state index is -1.25. The van der Waals surface area contributed by atoms with Gasteiger partial charge < -0.3 is 0 Å². The maximum atomic E-state index is 4.03. The molecule has 0 unspecified atom stereocenters. The summed E-state index contributed by atoms with van der Waals surface area (Å²) in [4.78, 5) is 4.03. The van der Waals surface area contributed by atoms with Gasteiger partial charge in [-0.25, -0.2) is 0 Å². The third-order valence-corrected chi connectivity index (χ3v) is 3.08. The van der Waals surface area contributed by atoms with E-state index in [4.69, 9.17) is 0 Å². The van der Waals surface area contributed by atoms with Crippen LogP contribution < -0.4 is 0 Å². The van der Waals surface area contributed by atoms with Crippen LogP contribution in [0.25, 0.3) is 0 Å². The normalized spacial score (nSPS) is 10.5. The molecule has 0 saturated carbocycles. The smallest absolute Gasteiger partial charge is 0.129 e. The Hall–Kier alpha value is -0.343. The Kier molecular flexibility index (Phi) is 3.51. The van der Waals surface area contributed by atoms with E-state index in [1.54, 1.807) is 6.20 Å². The van der Waals surface area contributed by atoms with Crippen molar-refractivity contribution < 1.29 is 0 Å². The lowest BCUT2D eigenvalue weighted by Crippen LogP contribution is -2.16. The Bertz CT molecular complexity index is 357. The summed E-state index contributed by atoms with van der Waals surface area (Å²) in [5.41, 5.74) is 4.43. The number of halogens is 1. The molecule has 1 aromatic heterocycles. The largest absolute Gasteiger partial charge is 0.264 e. The zero-order valence-corrected chi connectivity index (χ0v) is 11.2. The van der Waals surface area contributed by atoms with Crippen molar-refractivity contribution in [1.29, 1.82) is 0 Å². The van der Waals surface area contributed by atoms with Crippen molar-refractivity contribution in [1.82, 2.24) is 4.98 Å². The van der Waals surface area contributed by atoms with Gasteiger partial charge in [-0.15, -0.1) is 5.54 Å². The Morgan fingerprint density at radius 3 is 2.62 bits per heavy atom. The third-order valence-electron chi connectivity index (χ3n) is 1.34. The van der Waals surface area contributed by atoms with E-state index in [1.165, 1.54) is 0 Å². The number of hydrogen-bond acceptors (Lipinski definition) is 1. The van der Waals surface area contributed by atoms with Crippen LogP contribution in [0, 0.1) is 15.0 Å². The molecule has 0 bridgehead atoms. The van der Waals surface area contributed by atoms with Crippen molar-refractivity contribution >= 4 is 30.7 Å². The monoisotopic (exact) mass is 301 g/mol. The van der Waals surface area contributed by atoms with Crippen LogP contribution in [0.1, 0.15) is 5.56 Å². The highest BCUT2D eigenvalue weighted by atomic mass is 127. The summed E-state index contributed by atoms with van der Waals surface area (Å²) < 4.78 is 1.13. The Morgan fingerprint density at radius 1 is 1.38 bits per heavy atom. The van der Waals surface area contributed by atoms with Crippen molar-refractivity contribution in [3.8, 4) is 11.5 Å². The van der Waals surface area contributed by atoms with Crippen molar-refractivity contribution in [3.63, 3.8) is 0 Å². The fourth-order valence-electron chi connectivity index (χ4n) is 0.731. The van der Waals surface area contributed by atoms with Gasteiger partial charge in [0.05, 0.1) is 0 Å². The molecule has 0 aliphatic heterocycles. The number of rotatable bonds is 0. The minimum absolute atomic E-state index is 1.10. The number of pyridine rings is 1. The highest BCUT2D eigenvalue weighted by Gasteiger charge is 2.07. The van der Waals surface area contributed by atoms with Gasteiger partial charge in [0.25, 0.3) is 0 Å². The van der Waals surface area contributed by atoms with E-state index in [-0.39, 0.29) is 0 Å². The fourth-order valence-corrected chi connectivity index (χ4v) is 1.72. The molecule has 0 spiro atoms. The maximum absolute atomic E-state index is 4.03. The topological polar surface area (TPSA) is 12.9 Å². The van der Waals surface area contributed by atoms with E-state index < -0.39 is 8.07 Å². The number of hydrogen-bond donors (Lipinski definition) is 0. The molecule has 0 amide bonds. The van der Waals surface area contributed by atoms with Crippen molar-refractivity contribution in [2.24, 2.45) is 0 Å². The summed E-state index contributed by atoms with van der Waals surface area (Å²) in [5.74, 6) is 3.22. The highest BCUT2D eigenvalue weighted by Crippen LogP contribution is 2.08. The molecule has 0 atom stereocenters. The molecular formula is C10H12INSi. The van der Waals surface area contributed by atoms with E-state index >= 15 is 0 Å². The first-order chi connectivity index (χ1) is 5.99. The molecule has 0 fully saturated rings. The summed E-state index contributed by atoms with van der Waals surface area (Å²) in [6, 6.07) is 1.97. The molecule has 1 heterocycles. The molecule has 3 heteroatoms. The molecule has 1 nitrogen and oxygen atoms in total. The first-order valence-electron chi connectivity index (χ1n) is 4.12. The number of aromatic nitrogens is 1. The van der Waals surface area contributed by atoms with E-state index in [9.17, 15) is 0 Å². The summed E-state index contributed by atoms with van der Waals surface area (Å²) in [6.07, 6.45) is 3.63. The average molecular weight is 301 g/mol. The standard InChI is InChI=1S/C10H12INSi/c1-13(2,3)7-5-9-4-6-12-8-10(9)11/h4,6,8H,1-3H3. The first-order valence-corrected chi connectivity index (χ1v) is 8.69. The van der Waals surface area contributed by atoms with Gasteiger partial charge in [0, 0.05) is 21.5 Å². The fraction of sp³-hybridized carbons (Fsp3) is 0.300. The quantitative estimate of drug-likeness (QED) is 0.408. The van der Waals surface area contributed by atoms with Crippen LogP contribution in [0.4, 0.5) is 0 Å². The van der Waals surface area contributed by atoms with Crippen LogP contribution in [0.3, 0.4) is 0 Å². The average Bonchev–Trinajstić information content (AvgIpc) is 2.01. The van der Waals surface area contributed by atoms with E-state index in [0.29, 0.717) is 0 Å². The lowest BCUT2D eigenvalue weighted by Gasteiger charge is -2.03. The third kappa shape index (κ3) is 3.92. The molecule has 1 aromatic rings. The van der Waals surface area contributed by atoms with Crippen LogP contribution in [0.2, 0.25) is 19.6 Å². The zero-order valence-electron chi connectivity index (χ0n) is 8.06. The highest BCUT2D eigenvalue weighted by molar-refractivity contribution is 14.1. The zero-order chi connectivity index (χ0) is 9.90. The van der Waals surface area contributed by atoms with E-state index in [0.717, 1.165) is 9.13 Å². The molecule has 0 N–H and O–H groups in total. The van der Waals surface area contributed by atoms with Crippen molar-refractivity contribution in [2.45, 2.75) is 19.6 Å². The second-order valence-corrected chi connectivity index (χ2v) is 9.77. The molecule has 0 saturated heterocycles. The van der Waals surface area contributed by atoms with Gasteiger partial charge in [0.2, 0.25) is 0 Å². The summed E-state index contributed by atoms with van der Waals surface area (Å²) >= 11 is 2.26. The minimum Gasteiger partial charge on any atom is -0.264 e. The lowest BCUT2D eigenvalue weighted by atomic mass is 10.3. The molecule has 0 aliphatic rings. The molecule has 1 rings (SSSR count). The molecule has 68 valence electrons. The summed E-state index contributed by atoms with van der Waals surface area (Å²) in [7, 11) is -1.25. The van der Waals surface area contributed by atoms with Gasteiger partial charge in [0.15, 0.2) is 0 Å². The van der Waals surface area contributed by atoms with Gasteiger partial charge in [-0.2, -0.15) is 0 Å². The van der Waals surface area contributed by atoms with Gasteiger partial charge in [-0.05, 0) is 28.7 Å². The second kappa shape index (κ2) is 4.25. The summed E-state index contributed by atoms with van der Waals surface area (Å²) in [6.45, 7) is 6.73. The first kappa shape index (κ1) is 10.7. The van der Waals surface area contributed by atoms with Crippen LogP contribution >= 0.6 is 22.6 Å². The van der Waals surface area contributed by atoms with Crippen LogP contribution in [-0.2, 0) is 0 Å². The molecule has 0 aromatic carbocycles. The number of nitrogens with zero attached hydrogens (tertiary/aromatic N) is 1. The van der Waals surface area contributed by atoms with Gasteiger partial charge >= 0.3 is 0 Å². The molecule has 0 radical (unpaired) electrons. The van der Waals surface area contributed by atoms with E-state index in [1.807, 2.05) is 12.3 Å². The Labute approximate surface area is 94.1 Å². The molecular weight excluding hydrogens is 289 g/mol. The van der Waals surface area contributed by atoms with Crippen molar-refractivity contribution in [2.75, 3.05) is 0 Å². The lowest BCUT2D eigenvalue weighted by molar-refractivity contribution is 1.30. The Balaban J connectivity index is 2.97. The van der Waals surface area contributed by atoms with Gasteiger partial charge in [-0.3, -0.25) is 4.98 Å². The van der Waals surface area contributed by atoms with Crippen LogP contribution in [0.15, 0.2) is 18.5 Å². The summed E-state index contributed by atoms with van der Waals surface area (Å²) in [5, 5.41) is 0. The van der Waals surface area contributed by atoms with Crippen LogP contribution in [0.5, 0.6) is 0 Å². The van der Waals surface area contributed by atoms with Crippen molar-refractivity contribution in [3.05, 3.63) is 27.6 Å². The van der Waals surface area contributed by atoms with Crippen LogP contribution in [-0.4, -0.2) is 13.1 Å². The van der Waals surface area contributed by atoms with Gasteiger partial charge in [-0.1, -0.05) is 25.6 Å². The second-order valence-electron chi connectivity index (χ2n) is 3.86. The van der Waals surface area contributed by atoms with E-state index in [2.05, 4.69) is 58.7 Å². The predicted octanol–water partition coefficient (Wildman–Crippen LogP) is 2.92. The van der Waals surface area contributed by atoms with Gasteiger partial charge in [0.1, 0.15) is 8.07 Å². The molecule has 0 aliphatic carbocycles. The Morgan fingerprint density at radius 2 is 2.08 bits per heavy atom. The SMILES string of the molecule is C[Si](C)(C)C#Cc1ccncc1I. The molecule has 13 heavy (non-hydrogen) atoms.